The molecule has 410 valence electrons. The molecule has 11 heteroatoms. The van der Waals surface area contributed by atoms with Gasteiger partial charge in [0, 0.05) is 12.8 Å². The molecular formula is C60H105NO10. The summed E-state index contributed by atoms with van der Waals surface area (Å²) in [6, 6.07) is -0.839. The molecule has 0 aromatic carbocycles. The summed E-state index contributed by atoms with van der Waals surface area (Å²) in [4.78, 5) is 25.0. The predicted molar refractivity (Wildman–Crippen MR) is 292 cm³/mol. The average molecular weight is 1000 g/mol. The van der Waals surface area contributed by atoms with Crippen molar-refractivity contribution in [3.63, 3.8) is 0 Å². The Morgan fingerprint density at radius 1 is 0.521 bits per heavy atom. The van der Waals surface area contributed by atoms with E-state index < -0.39 is 49.5 Å². The summed E-state index contributed by atoms with van der Waals surface area (Å²) >= 11 is 0. The minimum atomic E-state index is -1.58. The summed E-state index contributed by atoms with van der Waals surface area (Å²) in [6.07, 6.45) is 54.4. The third kappa shape index (κ3) is 39.3. The van der Waals surface area contributed by atoms with Crippen LogP contribution in [0.5, 0.6) is 0 Å². The van der Waals surface area contributed by atoms with E-state index in [0.29, 0.717) is 19.4 Å². The van der Waals surface area contributed by atoms with E-state index in [1.165, 1.54) is 109 Å². The predicted octanol–water partition coefficient (Wildman–Crippen LogP) is 12.8. The van der Waals surface area contributed by atoms with Crippen molar-refractivity contribution in [2.45, 2.75) is 275 Å². The van der Waals surface area contributed by atoms with Crippen LogP contribution in [0, 0.1) is 0 Å². The van der Waals surface area contributed by atoms with E-state index >= 15 is 0 Å². The minimum absolute atomic E-state index is 0.0616. The molecule has 0 saturated carbocycles. The van der Waals surface area contributed by atoms with Gasteiger partial charge in [-0.3, -0.25) is 9.59 Å². The maximum Gasteiger partial charge on any atom is 0.305 e. The van der Waals surface area contributed by atoms with Crippen LogP contribution >= 0.6 is 0 Å². The lowest BCUT2D eigenvalue weighted by Gasteiger charge is -2.40. The highest BCUT2D eigenvalue weighted by molar-refractivity contribution is 5.76. The highest BCUT2D eigenvalue weighted by Crippen LogP contribution is 2.23. The molecule has 0 radical (unpaired) electrons. The Balaban J connectivity index is 2.10. The van der Waals surface area contributed by atoms with E-state index in [1.54, 1.807) is 6.08 Å². The van der Waals surface area contributed by atoms with Crippen molar-refractivity contribution >= 4 is 11.9 Å². The first-order chi connectivity index (χ1) is 34.7. The molecule has 0 bridgehead atoms. The minimum Gasteiger partial charge on any atom is -0.465 e. The smallest absolute Gasteiger partial charge is 0.305 e. The van der Waals surface area contributed by atoms with Crippen LogP contribution in [-0.4, -0.2) is 100 Å². The summed E-state index contributed by atoms with van der Waals surface area (Å²) < 4.78 is 16.6. The normalized spacial score (nSPS) is 19.7. The fraction of sp³-hybridized carbons (Fsp3) is 0.767. The Morgan fingerprint density at radius 2 is 0.986 bits per heavy atom. The van der Waals surface area contributed by atoms with Crippen molar-refractivity contribution in [3.8, 4) is 0 Å². The molecule has 6 N–H and O–H groups in total. The number of nitrogens with one attached hydrogen (secondary N) is 1. The van der Waals surface area contributed by atoms with Gasteiger partial charge in [-0.05, 0) is 89.9 Å². The van der Waals surface area contributed by atoms with Gasteiger partial charge >= 0.3 is 5.97 Å². The molecule has 1 rings (SSSR count). The number of rotatable bonds is 48. The van der Waals surface area contributed by atoms with Gasteiger partial charge in [-0.1, -0.05) is 202 Å². The second-order valence-corrected chi connectivity index (χ2v) is 19.6. The van der Waals surface area contributed by atoms with Crippen molar-refractivity contribution in [1.82, 2.24) is 5.32 Å². The lowest BCUT2D eigenvalue weighted by molar-refractivity contribution is -0.302. The Kier molecular flexibility index (Phi) is 45.9. The van der Waals surface area contributed by atoms with Crippen molar-refractivity contribution < 1.29 is 49.3 Å². The van der Waals surface area contributed by atoms with Crippen molar-refractivity contribution in [2.24, 2.45) is 0 Å². The van der Waals surface area contributed by atoms with Crippen molar-refractivity contribution in [3.05, 3.63) is 72.9 Å². The molecule has 0 aromatic rings. The molecule has 1 saturated heterocycles. The number of carbonyl (C=O) groups is 2. The Hall–Kier alpha value is -2.90. The van der Waals surface area contributed by atoms with Crippen LogP contribution in [0.15, 0.2) is 72.9 Å². The summed E-state index contributed by atoms with van der Waals surface area (Å²) in [7, 11) is 0. The van der Waals surface area contributed by atoms with Crippen LogP contribution < -0.4 is 5.32 Å². The summed E-state index contributed by atoms with van der Waals surface area (Å²) in [6.45, 7) is 4.08. The summed E-state index contributed by atoms with van der Waals surface area (Å²) in [5.41, 5.74) is 0. The monoisotopic (exact) mass is 1000 g/mol. The number of aliphatic hydroxyl groups excluding tert-OH is 5. The number of allylic oxidation sites excluding steroid dienone is 10. The van der Waals surface area contributed by atoms with E-state index in [1.807, 2.05) is 6.08 Å². The lowest BCUT2D eigenvalue weighted by Crippen LogP contribution is -2.60. The lowest BCUT2D eigenvalue weighted by atomic mass is 9.99. The second-order valence-electron chi connectivity index (χ2n) is 19.6. The van der Waals surface area contributed by atoms with Gasteiger partial charge in [-0.25, -0.2) is 0 Å². The summed E-state index contributed by atoms with van der Waals surface area (Å²) in [5.74, 6) is -0.266. The van der Waals surface area contributed by atoms with Crippen LogP contribution in [0.2, 0.25) is 0 Å². The maximum absolute atomic E-state index is 13.0. The number of carbonyl (C=O) groups excluding carboxylic acids is 2. The van der Waals surface area contributed by atoms with E-state index in [4.69, 9.17) is 14.2 Å². The number of esters is 1. The maximum atomic E-state index is 13.0. The Bertz CT molecular complexity index is 1410. The van der Waals surface area contributed by atoms with Gasteiger partial charge in [0.1, 0.15) is 24.4 Å². The van der Waals surface area contributed by atoms with Crippen LogP contribution in [0.3, 0.4) is 0 Å². The van der Waals surface area contributed by atoms with Gasteiger partial charge in [0.25, 0.3) is 0 Å². The zero-order valence-electron chi connectivity index (χ0n) is 44.9. The zero-order chi connectivity index (χ0) is 51.7. The van der Waals surface area contributed by atoms with Gasteiger partial charge < -0.3 is 45.1 Å². The number of amides is 1. The fourth-order valence-electron chi connectivity index (χ4n) is 8.41. The highest BCUT2D eigenvalue weighted by Gasteiger charge is 2.44. The Labute approximate surface area is 432 Å². The first-order valence-corrected chi connectivity index (χ1v) is 28.7. The molecule has 1 fully saturated rings. The largest absolute Gasteiger partial charge is 0.465 e. The third-order valence-corrected chi connectivity index (χ3v) is 13.0. The molecule has 7 unspecified atom stereocenters. The molecule has 1 aliphatic heterocycles. The number of aliphatic hydroxyl groups is 5. The molecular weight excluding hydrogens is 895 g/mol. The fourth-order valence-corrected chi connectivity index (χ4v) is 8.41. The van der Waals surface area contributed by atoms with Gasteiger partial charge in [0.15, 0.2) is 6.29 Å². The van der Waals surface area contributed by atoms with Gasteiger partial charge in [0.2, 0.25) is 5.91 Å². The molecule has 71 heavy (non-hydrogen) atoms. The molecule has 11 nitrogen and oxygen atoms in total. The molecule has 1 heterocycles. The molecule has 0 aliphatic carbocycles. The average Bonchev–Trinajstić information content (AvgIpc) is 3.37. The third-order valence-electron chi connectivity index (χ3n) is 13.0. The first-order valence-electron chi connectivity index (χ1n) is 28.7. The summed E-state index contributed by atoms with van der Waals surface area (Å²) in [5, 5.41) is 54.2. The van der Waals surface area contributed by atoms with Crippen molar-refractivity contribution in [1.29, 1.82) is 0 Å². The van der Waals surface area contributed by atoms with Crippen LogP contribution in [0.4, 0.5) is 0 Å². The number of hydrogen-bond acceptors (Lipinski definition) is 10. The van der Waals surface area contributed by atoms with Gasteiger partial charge in [0.05, 0.1) is 32.0 Å². The number of unbranched alkanes of at least 4 members (excludes halogenated alkanes) is 24. The molecule has 0 aromatic heterocycles. The highest BCUT2D eigenvalue weighted by atomic mass is 16.7. The molecule has 0 spiro atoms. The first kappa shape index (κ1) is 66.1. The van der Waals surface area contributed by atoms with Crippen LogP contribution in [0.25, 0.3) is 0 Å². The van der Waals surface area contributed by atoms with Crippen molar-refractivity contribution in [2.75, 3.05) is 19.8 Å². The van der Waals surface area contributed by atoms with Gasteiger partial charge in [-0.2, -0.15) is 0 Å². The topological polar surface area (TPSA) is 175 Å². The molecule has 7 atom stereocenters. The number of hydrogen-bond donors (Lipinski definition) is 6. The number of ether oxygens (including phenoxy) is 3. The zero-order valence-corrected chi connectivity index (χ0v) is 44.9. The van der Waals surface area contributed by atoms with Crippen LogP contribution in [-0.2, 0) is 23.8 Å². The Morgan fingerprint density at radius 3 is 1.54 bits per heavy atom. The van der Waals surface area contributed by atoms with Gasteiger partial charge in [-0.15, -0.1) is 0 Å². The van der Waals surface area contributed by atoms with E-state index in [-0.39, 0.29) is 18.5 Å². The SMILES string of the molecule is CCC/C=C/CC/C=C/CC/C=C/C(O)C(COC1OC(CO)C(O)C(O)C1O)NC(=O)CCCCCCCCCCCCCCCC/C=C\C/C=C\CCOC(=O)CCCCCCC/C=C\CCCC. The van der Waals surface area contributed by atoms with Crippen LogP contribution in [0.1, 0.15) is 232 Å². The quantitative estimate of drug-likeness (QED) is 0.0196. The second kappa shape index (κ2) is 49.3. The van der Waals surface area contributed by atoms with E-state index in [0.717, 1.165) is 96.3 Å². The standard InChI is InChI=1S/C60H105NO10/c1-3-5-7-9-11-13-26-30-34-38-42-46-53(63)52(51-70-60-59(68)58(67)57(66)54(50-62)71-60)61-55(64)47-43-39-35-31-28-24-22-20-18-16-15-17-19-21-23-25-29-33-37-41-45-49-69-56(65)48-44-40-36-32-27-14-12-10-8-6-4-2/h7,9-10,12,25-26,29-30,37,41-42,46,52-54,57-60,62-63,66-68H,3-6,8,11,13-24,27-28,31-36,38-40,43-45,47-51H2,1-2H3,(H,61,64)/b9-7+,12-10-,29-25-,30-26+,41-37-,46-42+. The molecule has 1 amide bonds. The van der Waals surface area contributed by atoms with E-state index in [9.17, 15) is 35.1 Å². The molecule has 1 aliphatic rings. The van der Waals surface area contributed by atoms with E-state index in [2.05, 4.69) is 79.9 Å².